The molecule has 0 saturated carbocycles. The lowest BCUT2D eigenvalue weighted by molar-refractivity contribution is -0.134. The standard InChI is InChI=1S/C15H16F3N3OS/c1-2-4-13(22)21-11-6-3-5-10(7-11)8-19-14-20-9-12(23-14)15(16,17)18/h3,5-7,9H,2,4,8H2,1H3,(H,19,20)(H,21,22). The second-order valence-corrected chi connectivity index (χ2v) is 5.91. The number of anilines is 2. The lowest BCUT2D eigenvalue weighted by atomic mass is 10.2. The molecule has 2 N–H and O–H groups in total. The first-order chi connectivity index (χ1) is 10.9. The highest BCUT2D eigenvalue weighted by Crippen LogP contribution is 2.35. The Morgan fingerprint density at radius 2 is 2.13 bits per heavy atom. The predicted octanol–water partition coefficient (Wildman–Crippen LogP) is 4.51. The minimum Gasteiger partial charge on any atom is -0.357 e. The number of hydrogen-bond acceptors (Lipinski definition) is 4. The number of nitrogens with one attached hydrogen (secondary N) is 2. The van der Waals surface area contributed by atoms with E-state index in [-0.39, 0.29) is 11.0 Å². The first kappa shape index (κ1) is 17.3. The van der Waals surface area contributed by atoms with E-state index in [1.54, 1.807) is 18.2 Å². The second kappa shape index (κ2) is 7.45. The van der Waals surface area contributed by atoms with Gasteiger partial charge < -0.3 is 10.6 Å². The Kier molecular flexibility index (Phi) is 5.59. The van der Waals surface area contributed by atoms with Crippen LogP contribution in [0.25, 0.3) is 0 Å². The van der Waals surface area contributed by atoms with Crippen LogP contribution in [-0.4, -0.2) is 10.9 Å². The molecule has 0 atom stereocenters. The van der Waals surface area contributed by atoms with Crippen LogP contribution in [0.5, 0.6) is 0 Å². The van der Waals surface area contributed by atoms with Crippen molar-refractivity contribution in [3.63, 3.8) is 0 Å². The van der Waals surface area contributed by atoms with Crippen molar-refractivity contribution in [2.24, 2.45) is 0 Å². The molecule has 2 rings (SSSR count). The van der Waals surface area contributed by atoms with Gasteiger partial charge in [0.2, 0.25) is 5.91 Å². The monoisotopic (exact) mass is 343 g/mol. The summed E-state index contributed by atoms with van der Waals surface area (Å²) in [5, 5.41) is 5.84. The highest BCUT2D eigenvalue weighted by Gasteiger charge is 2.33. The SMILES string of the molecule is CCCC(=O)Nc1cccc(CNc2ncc(C(F)(F)F)s2)c1. The number of thiazole rings is 1. The molecule has 0 saturated heterocycles. The van der Waals surface area contributed by atoms with Gasteiger partial charge in [0.05, 0.1) is 6.20 Å². The van der Waals surface area contributed by atoms with Crippen LogP contribution >= 0.6 is 11.3 Å². The van der Waals surface area contributed by atoms with Gasteiger partial charge in [-0.1, -0.05) is 30.4 Å². The number of halogens is 3. The Morgan fingerprint density at radius 3 is 2.78 bits per heavy atom. The maximum Gasteiger partial charge on any atom is 0.427 e. The Hall–Kier alpha value is -2.09. The van der Waals surface area contributed by atoms with Crippen molar-refractivity contribution in [1.29, 1.82) is 0 Å². The average molecular weight is 343 g/mol. The van der Waals surface area contributed by atoms with E-state index in [9.17, 15) is 18.0 Å². The molecule has 23 heavy (non-hydrogen) atoms. The van der Waals surface area contributed by atoms with E-state index in [1.807, 2.05) is 13.0 Å². The van der Waals surface area contributed by atoms with Crippen molar-refractivity contribution in [2.75, 3.05) is 10.6 Å². The summed E-state index contributed by atoms with van der Waals surface area (Å²) in [6.07, 6.45) is -2.35. The molecule has 4 nitrogen and oxygen atoms in total. The third-order valence-electron chi connectivity index (χ3n) is 2.92. The molecule has 124 valence electrons. The van der Waals surface area contributed by atoms with Crippen LogP contribution in [0.3, 0.4) is 0 Å². The molecule has 1 aromatic carbocycles. The number of benzene rings is 1. The molecule has 1 aromatic heterocycles. The number of nitrogens with zero attached hydrogens (tertiary/aromatic N) is 1. The van der Waals surface area contributed by atoms with E-state index >= 15 is 0 Å². The largest absolute Gasteiger partial charge is 0.427 e. The zero-order valence-electron chi connectivity index (χ0n) is 12.4. The third-order valence-corrected chi connectivity index (χ3v) is 3.92. The minimum absolute atomic E-state index is 0.0626. The summed E-state index contributed by atoms with van der Waals surface area (Å²) in [6, 6.07) is 7.14. The number of carbonyl (C=O) groups excluding carboxylic acids is 1. The Bertz CT molecular complexity index is 670. The van der Waals surface area contributed by atoms with Gasteiger partial charge in [-0.25, -0.2) is 4.98 Å². The number of amides is 1. The maximum atomic E-state index is 12.5. The number of rotatable bonds is 6. The predicted molar refractivity (Wildman–Crippen MR) is 84.4 cm³/mol. The topological polar surface area (TPSA) is 54.0 Å². The fraction of sp³-hybridized carbons (Fsp3) is 0.333. The van der Waals surface area contributed by atoms with Gasteiger partial charge in [0.1, 0.15) is 4.88 Å². The zero-order valence-corrected chi connectivity index (χ0v) is 13.2. The number of hydrogen-bond donors (Lipinski definition) is 2. The van der Waals surface area contributed by atoms with Crippen LogP contribution in [0.15, 0.2) is 30.5 Å². The molecule has 0 aliphatic rings. The molecule has 1 heterocycles. The highest BCUT2D eigenvalue weighted by molar-refractivity contribution is 7.15. The van der Waals surface area contributed by atoms with E-state index in [1.165, 1.54) is 0 Å². The number of carbonyl (C=O) groups is 1. The van der Waals surface area contributed by atoms with Gasteiger partial charge in [-0.05, 0) is 24.1 Å². The van der Waals surface area contributed by atoms with Crippen LogP contribution < -0.4 is 10.6 Å². The van der Waals surface area contributed by atoms with Crippen LogP contribution in [0.1, 0.15) is 30.2 Å². The molecule has 8 heteroatoms. The van der Waals surface area contributed by atoms with Gasteiger partial charge in [-0.15, -0.1) is 0 Å². The minimum atomic E-state index is -4.37. The second-order valence-electron chi connectivity index (χ2n) is 4.88. The summed E-state index contributed by atoms with van der Waals surface area (Å²) in [5.74, 6) is -0.0626. The van der Waals surface area contributed by atoms with Gasteiger partial charge in [0.15, 0.2) is 5.13 Å². The molecule has 0 radical (unpaired) electrons. The molecule has 0 spiro atoms. The van der Waals surface area contributed by atoms with Crippen molar-refractivity contribution in [3.05, 3.63) is 40.9 Å². The van der Waals surface area contributed by atoms with Crippen LogP contribution in [0.2, 0.25) is 0 Å². The first-order valence-electron chi connectivity index (χ1n) is 7.04. The quantitative estimate of drug-likeness (QED) is 0.811. The summed E-state index contributed by atoms with van der Waals surface area (Å²) in [6.45, 7) is 2.24. The summed E-state index contributed by atoms with van der Waals surface area (Å²) < 4.78 is 37.5. The maximum absolute atomic E-state index is 12.5. The summed E-state index contributed by atoms with van der Waals surface area (Å²) in [7, 11) is 0. The molecule has 0 unspecified atom stereocenters. The van der Waals surface area contributed by atoms with Crippen molar-refractivity contribution < 1.29 is 18.0 Å². The average Bonchev–Trinajstić information content (AvgIpc) is 2.95. The van der Waals surface area contributed by atoms with Crippen molar-refractivity contribution in [2.45, 2.75) is 32.5 Å². The van der Waals surface area contributed by atoms with E-state index < -0.39 is 11.1 Å². The molecule has 1 amide bonds. The van der Waals surface area contributed by atoms with Crippen molar-refractivity contribution in [3.8, 4) is 0 Å². The van der Waals surface area contributed by atoms with Crippen molar-refractivity contribution in [1.82, 2.24) is 4.98 Å². The van der Waals surface area contributed by atoms with E-state index in [0.717, 1.165) is 18.2 Å². The summed E-state index contributed by atoms with van der Waals surface area (Å²) in [4.78, 5) is 14.5. The fourth-order valence-corrected chi connectivity index (χ4v) is 2.55. The number of aromatic nitrogens is 1. The molecule has 0 aliphatic heterocycles. The Labute approximate surface area is 135 Å². The van der Waals surface area contributed by atoms with Crippen LogP contribution in [0.4, 0.5) is 24.0 Å². The first-order valence-corrected chi connectivity index (χ1v) is 7.86. The molecule has 0 fully saturated rings. The van der Waals surface area contributed by atoms with E-state index in [4.69, 9.17) is 0 Å². The molecule has 2 aromatic rings. The molecule has 0 aliphatic carbocycles. The zero-order chi connectivity index (χ0) is 16.9. The number of alkyl halides is 3. The van der Waals surface area contributed by atoms with Gasteiger partial charge in [0.25, 0.3) is 0 Å². The smallest absolute Gasteiger partial charge is 0.357 e. The van der Waals surface area contributed by atoms with Crippen LogP contribution in [-0.2, 0) is 17.5 Å². The highest BCUT2D eigenvalue weighted by atomic mass is 32.1. The molecular formula is C15H16F3N3OS. The summed E-state index contributed by atoms with van der Waals surface area (Å²) >= 11 is 0.564. The van der Waals surface area contributed by atoms with Crippen LogP contribution in [0, 0.1) is 0 Å². The van der Waals surface area contributed by atoms with E-state index in [2.05, 4.69) is 15.6 Å². The molecule has 0 bridgehead atoms. The van der Waals surface area contributed by atoms with E-state index in [0.29, 0.717) is 30.0 Å². The van der Waals surface area contributed by atoms with Crippen molar-refractivity contribution >= 4 is 28.1 Å². The van der Waals surface area contributed by atoms with Gasteiger partial charge in [-0.3, -0.25) is 4.79 Å². The molecular weight excluding hydrogens is 327 g/mol. The lowest BCUT2D eigenvalue weighted by Crippen LogP contribution is -2.11. The lowest BCUT2D eigenvalue weighted by Gasteiger charge is -2.07. The fourth-order valence-electron chi connectivity index (χ4n) is 1.87. The van der Waals surface area contributed by atoms with Gasteiger partial charge in [0, 0.05) is 18.7 Å². The summed E-state index contributed by atoms with van der Waals surface area (Å²) in [5.41, 5.74) is 1.50. The van der Waals surface area contributed by atoms with Gasteiger partial charge >= 0.3 is 6.18 Å². The normalized spacial score (nSPS) is 11.3. The Balaban J connectivity index is 1.95. The van der Waals surface area contributed by atoms with Gasteiger partial charge in [-0.2, -0.15) is 13.2 Å². The third kappa shape index (κ3) is 5.24. The Morgan fingerprint density at radius 1 is 1.35 bits per heavy atom.